The lowest BCUT2D eigenvalue weighted by molar-refractivity contribution is 0.109. The Hall–Kier alpha value is -1.71. The summed E-state index contributed by atoms with van der Waals surface area (Å²) in [5.41, 5.74) is 0.974. The predicted molar refractivity (Wildman–Crippen MR) is 67.8 cm³/mol. The summed E-state index contributed by atoms with van der Waals surface area (Å²) in [4.78, 5) is 23.5. The van der Waals surface area contributed by atoms with E-state index < -0.39 is 5.82 Å². The lowest BCUT2D eigenvalue weighted by atomic mass is 9.79. The summed E-state index contributed by atoms with van der Waals surface area (Å²) in [7, 11) is 0. The first-order valence-electron chi connectivity index (χ1n) is 6.02. The molecule has 1 aliphatic rings. The third-order valence-electron chi connectivity index (χ3n) is 3.75. The van der Waals surface area contributed by atoms with Gasteiger partial charge in [-0.15, -0.1) is 0 Å². The summed E-state index contributed by atoms with van der Waals surface area (Å²) in [6.45, 7) is 5.82. The van der Waals surface area contributed by atoms with Crippen LogP contribution >= 0.6 is 0 Å². The van der Waals surface area contributed by atoms with Gasteiger partial charge in [-0.1, -0.05) is 13.8 Å². The average Bonchev–Trinajstić information content (AvgIpc) is 2.34. The molecule has 0 aliphatic carbocycles. The van der Waals surface area contributed by atoms with Crippen LogP contribution in [0.5, 0.6) is 0 Å². The largest absolute Gasteiger partial charge is 0.368 e. The maximum atomic E-state index is 13.9. The van der Waals surface area contributed by atoms with Crippen molar-refractivity contribution in [1.29, 1.82) is 0 Å². The first-order valence-corrected chi connectivity index (χ1v) is 6.02. The molecule has 1 aromatic carbocycles. The van der Waals surface area contributed by atoms with E-state index in [0.717, 1.165) is 25.6 Å². The Kier molecular flexibility index (Phi) is 3.20. The second kappa shape index (κ2) is 4.52. The molecule has 2 rings (SSSR count). The van der Waals surface area contributed by atoms with E-state index in [1.54, 1.807) is 0 Å². The number of hydrogen-bond donors (Lipinski definition) is 0. The number of benzene rings is 1. The number of carbonyl (C=O) groups excluding carboxylic acids is 2. The van der Waals surface area contributed by atoms with Crippen LogP contribution in [0.2, 0.25) is 0 Å². The van der Waals surface area contributed by atoms with Crippen LogP contribution in [0.3, 0.4) is 0 Å². The van der Waals surface area contributed by atoms with E-state index in [1.165, 1.54) is 6.07 Å². The quantitative estimate of drug-likeness (QED) is 0.770. The number of hydrogen-bond acceptors (Lipinski definition) is 3. The molecular weight excluding hydrogens is 233 g/mol. The van der Waals surface area contributed by atoms with Gasteiger partial charge in [0.05, 0.1) is 5.69 Å². The van der Waals surface area contributed by atoms with Crippen molar-refractivity contribution in [3.63, 3.8) is 0 Å². The molecule has 1 fully saturated rings. The highest BCUT2D eigenvalue weighted by atomic mass is 19.1. The molecule has 0 unspecified atom stereocenters. The molecule has 0 N–H and O–H groups in total. The molecule has 0 bridgehead atoms. The molecule has 1 heterocycles. The average molecular weight is 249 g/mol. The monoisotopic (exact) mass is 249 g/mol. The van der Waals surface area contributed by atoms with Crippen LogP contribution in [0.1, 0.15) is 41.0 Å². The van der Waals surface area contributed by atoms with Crippen molar-refractivity contribution in [2.45, 2.75) is 20.3 Å². The molecule has 0 radical (unpaired) electrons. The molecular formula is C14H16FNO2. The van der Waals surface area contributed by atoms with E-state index in [4.69, 9.17) is 0 Å². The van der Waals surface area contributed by atoms with Gasteiger partial charge in [-0.3, -0.25) is 9.59 Å². The Morgan fingerprint density at radius 2 is 1.83 bits per heavy atom. The number of aldehydes is 2. The van der Waals surface area contributed by atoms with E-state index in [9.17, 15) is 14.0 Å². The van der Waals surface area contributed by atoms with Crippen molar-refractivity contribution < 1.29 is 14.0 Å². The maximum absolute atomic E-state index is 13.9. The van der Waals surface area contributed by atoms with E-state index in [2.05, 4.69) is 13.8 Å². The molecule has 0 atom stereocenters. The van der Waals surface area contributed by atoms with Gasteiger partial charge < -0.3 is 4.90 Å². The van der Waals surface area contributed by atoms with Crippen molar-refractivity contribution in [2.75, 3.05) is 18.0 Å². The van der Waals surface area contributed by atoms with Crippen molar-refractivity contribution in [3.05, 3.63) is 29.1 Å². The first-order chi connectivity index (χ1) is 8.53. The molecule has 3 nitrogen and oxygen atoms in total. The zero-order valence-corrected chi connectivity index (χ0v) is 10.6. The minimum atomic E-state index is -0.444. The smallest absolute Gasteiger partial charge is 0.150 e. The van der Waals surface area contributed by atoms with E-state index >= 15 is 0 Å². The standard InChI is InChI=1S/C14H16FNO2/c1-3-14(2)8-16(9-14)13-5-11(7-18)10(6-17)4-12(13)15/h4-7H,3,8-9H2,1-2H3. The summed E-state index contributed by atoms with van der Waals surface area (Å²) >= 11 is 0. The Bertz CT molecular complexity index is 493. The van der Waals surface area contributed by atoms with Gasteiger partial charge in [0.2, 0.25) is 0 Å². The van der Waals surface area contributed by atoms with Gasteiger partial charge >= 0.3 is 0 Å². The van der Waals surface area contributed by atoms with E-state index in [-0.39, 0.29) is 16.5 Å². The molecule has 1 aliphatic heterocycles. The molecule has 1 saturated heterocycles. The first kappa shape index (κ1) is 12.7. The second-order valence-corrected chi connectivity index (χ2v) is 5.19. The minimum absolute atomic E-state index is 0.102. The Morgan fingerprint density at radius 3 is 2.33 bits per heavy atom. The highest BCUT2D eigenvalue weighted by Crippen LogP contribution is 2.38. The van der Waals surface area contributed by atoms with E-state index in [1.807, 2.05) is 4.90 Å². The number of halogens is 1. The summed E-state index contributed by atoms with van der Waals surface area (Å²) in [6.07, 6.45) is 2.13. The Morgan fingerprint density at radius 1 is 1.28 bits per heavy atom. The normalized spacial score (nSPS) is 17.2. The number of rotatable bonds is 4. The molecule has 0 amide bonds. The Balaban J connectivity index is 2.30. The van der Waals surface area contributed by atoms with Crippen LogP contribution in [0.4, 0.5) is 10.1 Å². The predicted octanol–water partition coefficient (Wildman–Crippen LogP) is 2.69. The van der Waals surface area contributed by atoms with Crippen molar-refractivity contribution in [2.24, 2.45) is 5.41 Å². The minimum Gasteiger partial charge on any atom is -0.368 e. The number of anilines is 1. The third kappa shape index (κ3) is 2.03. The topological polar surface area (TPSA) is 37.4 Å². The van der Waals surface area contributed by atoms with Gasteiger partial charge in [0.25, 0.3) is 0 Å². The fourth-order valence-corrected chi connectivity index (χ4v) is 2.31. The molecule has 1 aromatic rings. The zero-order chi connectivity index (χ0) is 13.3. The van der Waals surface area contributed by atoms with E-state index in [0.29, 0.717) is 18.3 Å². The molecule has 0 aromatic heterocycles. The van der Waals surface area contributed by atoms with Crippen molar-refractivity contribution in [3.8, 4) is 0 Å². The zero-order valence-electron chi connectivity index (χ0n) is 10.6. The second-order valence-electron chi connectivity index (χ2n) is 5.19. The van der Waals surface area contributed by atoms with Crippen LogP contribution in [0.25, 0.3) is 0 Å². The van der Waals surface area contributed by atoms with Crippen LogP contribution in [-0.4, -0.2) is 25.7 Å². The molecule has 4 heteroatoms. The fraction of sp³-hybridized carbons (Fsp3) is 0.429. The fourth-order valence-electron chi connectivity index (χ4n) is 2.31. The van der Waals surface area contributed by atoms with Gasteiger partial charge in [-0.2, -0.15) is 0 Å². The van der Waals surface area contributed by atoms with Gasteiger partial charge in [0, 0.05) is 29.6 Å². The third-order valence-corrected chi connectivity index (χ3v) is 3.75. The van der Waals surface area contributed by atoms with Crippen molar-refractivity contribution in [1.82, 2.24) is 0 Å². The Labute approximate surface area is 106 Å². The van der Waals surface area contributed by atoms with Gasteiger partial charge in [0.15, 0.2) is 12.6 Å². The molecule has 0 saturated carbocycles. The van der Waals surface area contributed by atoms with Crippen LogP contribution in [-0.2, 0) is 0 Å². The summed E-state index contributed by atoms with van der Waals surface area (Å²) in [5, 5.41) is 0. The van der Waals surface area contributed by atoms with Crippen LogP contribution < -0.4 is 4.90 Å². The highest BCUT2D eigenvalue weighted by Gasteiger charge is 2.38. The summed E-state index contributed by atoms with van der Waals surface area (Å²) < 4.78 is 13.9. The summed E-state index contributed by atoms with van der Waals surface area (Å²) in [6, 6.07) is 2.59. The number of nitrogens with zero attached hydrogens (tertiary/aromatic N) is 1. The SMILES string of the molecule is CCC1(C)CN(c2cc(C=O)c(C=O)cc2F)C1. The highest BCUT2D eigenvalue weighted by molar-refractivity contribution is 5.91. The summed E-state index contributed by atoms with van der Waals surface area (Å²) in [5.74, 6) is -0.444. The van der Waals surface area contributed by atoms with Crippen LogP contribution in [0.15, 0.2) is 12.1 Å². The van der Waals surface area contributed by atoms with Gasteiger partial charge in [-0.05, 0) is 18.6 Å². The maximum Gasteiger partial charge on any atom is 0.150 e. The van der Waals surface area contributed by atoms with Gasteiger partial charge in [-0.25, -0.2) is 4.39 Å². The molecule has 0 spiro atoms. The van der Waals surface area contributed by atoms with Crippen LogP contribution in [0, 0.1) is 11.2 Å². The van der Waals surface area contributed by atoms with Crippen molar-refractivity contribution >= 4 is 18.3 Å². The molecule has 96 valence electrons. The molecule has 18 heavy (non-hydrogen) atoms. The number of carbonyl (C=O) groups is 2. The van der Waals surface area contributed by atoms with Gasteiger partial charge in [0.1, 0.15) is 5.82 Å². The lowest BCUT2D eigenvalue weighted by Gasteiger charge is -2.49. The lowest BCUT2D eigenvalue weighted by Crippen LogP contribution is -2.54.